The molecule has 6 nitrogen and oxygen atoms in total. The molecule has 2 aromatic rings. The van der Waals surface area contributed by atoms with E-state index in [1.807, 2.05) is 24.6 Å². The van der Waals surface area contributed by atoms with E-state index in [2.05, 4.69) is 36.4 Å². The zero-order chi connectivity index (χ0) is 13.1. The molecule has 0 spiro atoms. The minimum Gasteiger partial charge on any atom is -0.343 e. The van der Waals surface area contributed by atoms with Crippen molar-refractivity contribution in [1.29, 1.82) is 0 Å². The fourth-order valence-electron chi connectivity index (χ4n) is 1.69. The van der Waals surface area contributed by atoms with Gasteiger partial charge >= 0.3 is 0 Å². The lowest BCUT2D eigenvalue weighted by atomic mass is 10.3. The summed E-state index contributed by atoms with van der Waals surface area (Å²) in [4.78, 5) is 16.1. The topological polar surface area (TPSA) is 75.6 Å². The highest BCUT2D eigenvalue weighted by Crippen LogP contribution is 2.16. The van der Waals surface area contributed by atoms with Crippen molar-refractivity contribution in [2.75, 3.05) is 0 Å². The Morgan fingerprint density at radius 3 is 3.06 bits per heavy atom. The van der Waals surface area contributed by atoms with Gasteiger partial charge in [0.05, 0.1) is 6.04 Å². The minimum absolute atomic E-state index is 0.133. The first kappa shape index (κ1) is 12.8. The van der Waals surface area contributed by atoms with Crippen molar-refractivity contribution in [3.63, 3.8) is 0 Å². The second-order valence-electron chi connectivity index (χ2n) is 3.90. The Balaban J connectivity index is 2.12. The van der Waals surface area contributed by atoms with E-state index in [1.54, 1.807) is 6.07 Å². The molecule has 0 saturated carbocycles. The first-order valence-electron chi connectivity index (χ1n) is 5.63. The fraction of sp³-hybridized carbons (Fsp3) is 0.364. The van der Waals surface area contributed by atoms with E-state index in [9.17, 15) is 4.79 Å². The smallest absolute Gasteiger partial charge is 0.268 e. The molecule has 7 heteroatoms. The number of aryl methyl sites for hydroxylation is 1. The van der Waals surface area contributed by atoms with E-state index in [4.69, 9.17) is 0 Å². The number of rotatable bonds is 4. The van der Waals surface area contributed by atoms with Gasteiger partial charge in [0.2, 0.25) is 0 Å². The van der Waals surface area contributed by atoms with Crippen LogP contribution < -0.4 is 5.32 Å². The van der Waals surface area contributed by atoms with E-state index in [0.29, 0.717) is 11.5 Å². The summed E-state index contributed by atoms with van der Waals surface area (Å²) in [7, 11) is 0. The number of hydrogen-bond donors (Lipinski definition) is 2. The summed E-state index contributed by atoms with van der Waals surface area (Å²) in [5.74, 6) is 0.503. The highest BCUT2D eigenvalue weighted by molar-refractivity contribution is 9.10. The van der Waals surface area contributed by atoms with Crippen LogP contribution in [0.3, 0.4) is 0 Å². The summed E-state index contributed by atoms with van der Waals surface area (Å²) in [5, 5.41) is 9.37. The van der Waals surface area contributed by atoms with Crippen molar-refractivity contribution in [3.05, 3.63) is 34.6 Å². The molecule has 2 N–H and O–H groups in total. The fourth-order valence-corrected chi connectivity index (χ4v) is 2.15. The van der Waals surface area contributed by atoms with E-state index in [0.717, 1.165) is 11.0 Å². The normalized spacial score (nSPS) is 12.4. The van der Waals surface area contributed by atoms with Gasteiger partial charge in [0.25, 0.3) is 5.91 Å². The van der Waals surface area contributed by atoms with Gasteiger partial charge in [-0.3, -0.25) is 9.89 Å². The Morgan fingerprint density at radius 2 is 2.44 bits per heavy atom. The van der Waals surface area contributed by atoms with Crippen LogP contribution in [0.25, 0.3) is 0 Å². The second kappa shape index (κ2) is 5.34. The molecule has 96 valence electrons. The predicted molar refractivity (Wildman–Crippen MR) is 70.1 cm³/mol. The van der Waals surface area contributed by atoms with Crippen LogP contribution >= 0.6 is 15.9 Å². The molecule has 2 aromatic heterocycles. The zero-order valence-electron chi connectivity index (χ0n) is 10.1. The summed E-state index contributed by atoms with van der Waals surface area (Å²) in [6.45, 7) is 4.58. The zero-order valence-corrected chi connectivity index (χ0v) is 11.7. The van der Waals surface area contributed by atoms with Gasteiger partial charge in [-0.15, -0.1) is 0 Å². The third-order valence-corrected chi connectivity index (χ3v) is 3.06. The maximum atomic E-state index is 12.1. The van der Waals surface area contributed by atoms with Crippen LogP contribution in [-0.2, 0) is 6.54 Å². The summed E-state index contributed by atoms with van der Waals surface area (Å²) in [6.07, 6.45) is 3.30. The molecule has 2 rings (SSSR count). The van der Waals surface area contributed by atoms with Gasteiger partial charge in [-0.2, -0.15) is 5.10 Å². The number of amides is 1. The Bertz CT molecular complexity index is 534. The van der Waals surface area contributed by atoms with Crippen LogP contribution in [-0.4, -0.2) is 25.7 Å². The molecule has 18 heavy (non-hydrogen) atoms. The third-order valence-electron chi connectivity index (χ3n) is 2.63. The molecule has 0 saturated heterocycles. The molecule has 2 heterocycles. The van der Waals surface area contributed by atoms with Gasteiger partial charge in [-0.1, -0.05) is 0 Å². The van der Waals surface area contributed by atoms with Crippen LogP contribution in [0.15, 0.2) is 23.1 Å². The molecule has 1 unspecified atom stereocenters. The molecular weight excluding hydrogens is 298 g/mol. The molecule has 0 aliphatic rings. The number of nitrogens with zero attached hydrogens (tertiary/aromatic N) is 3. The summed E-state index contributed by atoms with van der Waals surface area (Å²) < 4.78 is 2.77. The van der Waals surface area contributed by atoms with Crippen molar-refractivity contribution in [2.24, 2.45) is 0 Å². The standard InChI is InChI=1S/C11H14BrN5O/c1-3-17-5-8(12)4-9(17)11(18)15-7(2)10-13-6-14-16-10/h4-7H,3H2,1-2H3,(H,15,18)(H,13,14,16). The minimum atomic E-state index is -0.209. The molecule has 0 bridgehead atoms. The van der Waals surface area contributed by atoms with Crippen LogP contribution in [0.2, 0.25) is 0 Å². The quantitative estimate of drug-likeness (QED) is 0.905. The lowest BCUT2D eigenvalue weighted by molar-refractivity contribution is 0.0929. The van der Waals surface area contributed by atoms with Crippen molar-refractivity contribution in [3.8, 4) is 0 Å². The van der Waals surface area contributed by atoms with E-state index in [-0.39, 0.29) is 11.9 Å². The van der Waals surface area contributed by atoms with Crippen LogP contribution in [0.5, 0.6) is 0 Å². The van der Waals surface area contributed by atoms with Crippen molar-refractivity contribution in [1.82, 2.24) is 25.1 Å². The highest BCUT2D eigenvalue weighted by Gasteiger charge is 2.16. The number of hydrogen-bond acceptors (Lipinski definition) is 3. The van der Waals surface area contributed by atoms with Gasteiger partial charge in [0.15, 0.2) is 0 Å². The first-order valence-corrected chi connectivity index (χ1v) is 6.43. The maximum absolute atomic E-state index is 12.1. The van der Waals surface area contributed by atoms with E-state index >= 15 is 0 Å². The second-order valence-corrected chi connectivity index (χ2v) is 4.81. The molecular formula is C11H14BrN5O. The third kappa shape index (κ3) is 2.61. The maximum Gasteiger partial charge on any atom is 0.268 e. The highest BCUT2D eigenvalue weighted by atomic mass is 79.9. The Hall–Kier alpha value is -1.63. The molecule has 0 aliphatic carbocycles. The average Bonchev–Trinajstić information content (AvgIpc) is 2.96. The van der Waals surface area contributed by atoms with Crippen LogP contribution in [0, 0.1) is 0 Å². The average molecular weight is 312 g/mol. The number of carbonyl (C=O) groups excluding carboxylic acids is 1. The molecule has 1 amide bonds. The molecule has 1 atom stereocenters. The molecule has 0 aromatic carbocycles. The monoisotopic (exact) mass is 311 g/mol. The first-order chi connectivity index (χ1) is 8.61. The van der Waals surface area contributed by atoms with Gasteiger partial charge in [-0.25, -0.2) is 4.98 Å². The van der Waals surface area contributed by atoms with Gasteiger partial charge in [0.1, 0.15) is 17.8 Å². The van der Waals surface area contributed by atoms with Crippen LogP contribution in [0.1, 0.15) is 36.2 Å². The summed E-state index contributed by atoms with van der Waals surface area (Å²) >= 11 is 3.37. The number of nitrogens with one attached hydrogen (secondary N) is 2. The summed E-state index contributed by atoms with van der Waals surface area (Å²) in [5.41, 5.74) is 0.621. The summed E-state index contributed by atoms with van der Waals surface area (Å²) in [6, 6.07) is 1.59. The largest absolute Gasteiger partial charge is 0.343 e. The number of H-pyrrole nitrogens is 1. The Morgan fingerprint density at radius 1 is 1.67 bits per heavy atom. The number of halogens is 1. The van der Waals surface area contributed by atoms with E-state index in [1.165, 1.54) is 6.33 Å². The lowest BCUT2D eigenvalue weighted by Crippen LogP contribution is -2.29. The number of aromatic amines is 1. The van der Waals surface area contributed by atoms with E-state index < -0.39 is 0 Å². The SMILES string of the molecule is CCn1cc(Br)cc1C(=O)NC(C)c1ncn[nH]1. The lowest BCUT2D eigenvalue weighted by Gasteiger charge is -2.12. The molecule has 0 fully saturated rings. The Labute approximate surface area is 113 Å². The van der Waals surface area contributed by atoms with Crippen molar-refractivity contribution in [2.45, 2.75) is 26.4 Å². The van der Waals surface area contributed by atoms with Crippen LogP contribution in [0.4, 0.5) is 0 Å². The predicted octanol–water partition coefficient (Wildman–Crippen LogP) is 1.88. The Kier molecular flexibility index (Phi) is 3.81. The number of aromatic nitrogens is 4. The van der Waals surface area contributed by atoms with Crippen molar-refractivity contribution >= 4 is 21.8 Å². The molecule has 0 radical (unpaired) electrons. The van der Waals surface area contributed by atoms with Gasteiger partial charge in [-0.05, 0) is 35.8 Å². The number of carbonyl (C=O) groups is 1. The van der Waals surface area contributed by atoms with Crippen molar-refractivity contribution < 1.29 is 4.79 Å². The molecule has 0 aliphatic heterocycles. The van der Waals surface area contributed by atoms with Gasteiger partial charge in [0, 0.05) is 17.2 Å². The van der Waals surface area contributed by atoms with Gasteiger partial charge < -0.3 is 9.88 Å².